The van der Waals surface area contributed by atoms with Crippen molar-refractivity contribution in [3.05, 3.63) is 29.8 Å². The molecular weight excluding hydrogens is 302 g/mol. The van der Waals surface area contributed by atoms with E-state index < -0.39 is 22.0 Å². The van der Waals surface area contributed by atoms with Crippen molar-refractivity contribution < 1.29 is 17.9 Å². The molecule has 0 saturated carbocycles. The van der Waals surface area contributed by atoms with Crippen LogP contribution in [0.15, 0.2) is 29.2 Å². The summed E-state index contributed by atoms with van der Waals surface area (Å²) in [7, 11) is -2.39. The molecule has 0 spiro atoms. The van der Waals surface area contributed by atoms with Gasteiger partial charge in [-0.25, -0.2) is 8.42 Å². The molecule has 0 radical (unpaired) electrons. The van der Waals surface area contributed by atoms with Gasteiger partial charge in [0.25, 0.3) is 0 Å². The van der Waals surface area contributed by atoms with Crippen LogP contribution < -0.4 is 0 Å². The zero-order valence-corrected chi connectivity index (χ0v) is 14.3. The van der Waals surface area contributed by atoms with Gasteiger partial charge < -0.3 is 4.74 Å². The van der Waals surface area contributed by atoms with Gasteiger partial charge in [0, 0.05) is 6.54 Å². The van der Waals surface area contributed by atoms with Crippen LogP contribution in [-0.2, 0) is 25.0 Å². The topological polar surface area (TPSA) is 63.7 Å². The van der Waals surface area contributed by atoms with Crippen molar-refractivity contribution in [1.82, 2.24) is 4.31 Å². The van der Waals surface area contributed by atoms with E-state index in [-0.39, 0.29) is 10.3 Å². The van der Waals surface area contributed by atoms with Crippen LogP contribution in [0.4, 0.5) is 0 Å². The van der Waals surface area contributed by atoms with E-state index in [1.54, 1.807) is 12.1 Å². The smallest absolute Gasteiger partial charge is 0.324 e. The summed E-state index contributed by atoms with van der Waals surface area (Å²) in [4.78, 5) is 12.0. The van der Waals surface area contributed by atoms with Gasteiger partial charge in [-0.1, -0.05) is 32.9 Å². The van der Waals surface area contributed by atoms with Crippen molar-refractivity contribution in [3.8, 4) is 0 Å². The van der Waals surface area contributed by atoms with Crippen molar-refractivity contribution in [2.24, 2.45) is 0 Å². The Bertz CT molecular complexity index is 644. The number of sulfonamides is 1. The predicted molar refractivity (Wildman–Crippen MR) is 84.1 cm³/mol. The molecular formula is C16H23NO4S. The first-order chi connectivity index (χ1) is 10.2. The van der Waals surface area contributed by atoms with E-state index in [4.69, 9.17) is 4.74 Å². The van der Waals surface area contributed by atoms with Crippen LogP contribution in [0.25, 0.3) is 0 Å². The highest BCUT2D eigenvalue weighted by Gasteiger charge is 2.40. The van der Waals surface area contributed by atoms with Crippen molar-refractivity contribution in [3.63, 3.8) is 0 Å². The summed E-state index contributed by atoms with van der Waals surface area (Å²) < 4.78 is 31.5. The third-order valence-electron chi connectivity index (χ3n) is 4.00. The summed E-state index contributed by atoms with van der Waals surface area (Å²) >= 11 is 0. The number of esters is 1. The van der Waals surface area contributed by atoms with Crippen LogP contribution >= 0.6 is 0 Å². The van der Waals surface area contributed by atoms with Gasteiger partial charge in [0.2, 0.25) is 10.0 Å². The number of carbonyl (C=O) groups excluding carboxylic acids is 1. The van der Waals surface area contributed by atoms with E-state index in [2.05, 4.69) is 20.8 Å². The number of ether oxygens (including phenoxy) is 1. The minimum absolute atomic E-state index is 0.0372. The van der Waals surface area contributed by atoms with Gasteiger partial charge in [-0.05, 0) is 36.0 Å². The van der Waals surface area contributed by atoms with Gasteiger partial charge >= 0.3 is 5.97 Å². The number of hydrogen-bond donors (Lipinski definition) is 0. The Labute approximate surface area is 132 Å². The van der Waals surface area contributed by atoms with Crippen LogP contribution in [-0.4, -0.2) is 38.4 Å². The number of benzene rings is 1. The van der Waals surface area contributed by atoms with Crippen molar-refractivity contribution in [2.75, 3.05) is 13.7 Å². The lowest BCUT2D eigenvalue weighted by Crippen LogP contribution is -2.41. The molecule has 0 aliphatic carbocycles. The summed E-state index contributed by atoms with van der Waals surface area (Å²) in [5, 5.41) is 0. The average molecular weight is 325 g/mol. The van der Waals surface area contributed by atoms with E-state index in [0.717, 1.165) is 5.56 Å². The highest BCUT2D eigenvalue weighted by Crippen LogP contribution is 2.29. The van der Waals surface area contributed by atoms with Gasteiger partial charge in [-0.2, -0.15) is 4.31 Å². The van der Waals surface area contributed by atoms with E-state index >= 15 is 0 Å². The lowest BCUT2D eigenvalue weighted by atomic mass is 9.87. The lowest BCUT2D eigenvalue weighted by molar-refractivity contribution is -0.144. The fraction of sp³-hybridized carbons (Fsp3) is 0.562. The summed E-state index contributed by atoms with van der Waals surface area (Å²) in [6.07, 6.45) is 1.17. The Morgan fingerprint density at radius 3 is 2.32 bits per heavy atom. The molecule has 122 valence electrons. The summed E-state index contributed by atoms with van der Waals surface area (Å²) in [6.45, 7) is 6.57. The fourth-order valence-corrected chi connectivity index (χ4v) is 4.31. The number of hydrogen-bond acceptors (Lipinski definition) is 4. The highest BCUT2D eigenvalue weighted by atomic mass is 32.2. The second-order valence-corrected chi connectivity index (χ2v) is 8.46. The maximum Gasteiger partial charge on any atom is 0.324 e. The van der Waals surface area contributed by atoms with Gasteiger partial charge in [0.1, 0.15) is 6.04 Å². The molecule has 5 nitrogen and oxygen atoms in total. The molecule has 1 saturated heterocycles. The molecule has 1 atom stereocenters. The van der Waals surface area contributed by atoms with Gasteiger partial charge in [-0.15, -0.1) is 0 Å². The third-order valence-corrected chi connectivity index (χ3v) is 5.93. The average Bonchev–Trinajstić information content (AvgIpc) is 2.96. The molecule has 22 heavy (non-hydrogen) atoms. The number of nitrogens with zero attached hydrogens (tertiary/aromatic N) is 1. The van der Waals surface area contributed by atoms with E-state index in [9.17, 15) is 13.2 Å². The molecule has 1 aromatic rings. The number of methoxy groups -OCH3 is 1. The standard InChI is InChI=1S/C16H23NO4S/c1-16(2,3)12-7-9-13(10-8-12)22(19,20)17-11-5-6-14(17)15(18)21-4/h7-10,14H,5-6,11H2,1-4H3. The molecule has 6 heteroatoms. The molecule has 1 heterocycles. The molecule has 0 amide bonds. The summed E-state index contributed by atoms with van der Waals surface area (Å²) in [5.41, 5.74) is 1.03. The van der Waals surface area contributed by atoms with Gasteiger partial charge in [0.15, 0.2) is 0 Å². The van der Waals surface area contributed by atoms with Gasteiger partial charge in [-0.3, -0.25) is 4.79 Å². The second-order valence-electron chi connectivity index (χ2n) is 6.57. The first kappa shape index (κ1) is 17.0. The van der Waals surface area contributed by atoms with E-state index in [1.165, 1.54) is 11.4 Å². The van der Waals surface area contributed by atoms with Crippen LogP contribution in [0.2, 0.25) is 0 Å². The second kappa shape index (κ2) is 6.01. The minimum atomic E-state index is -3.67. The largest absolute Gasteiger partial charge is 0.468 e. The molecule has 1 aliphatic heterocycles. The number of carbonyl (C=O) groups is 1. The fourth-order valence-electron chi connectivity index (χ4n) is 2.66. The van der Waals surface area contributed by atoms with Crippen LogP contribution in [0.5, 0.6) is 0 Å². The molecule has 0 aromatic heterocycles. The quantitative estimate of drug-likeness (QED) is 0.800. The third kappa shape index (κ3) is 3.17. The Morgan fingerprint density at radius 1 is 1.23 bits per heavy atom. The Hall–Kier alpha value is -1.40. The zero-order chi connectivity index (χ0) is 16.5. The van der Waals surface area contributed by atoms with Crippen LogP contribution in [0.3, 0.4) is 0 Å². The van der Waals surface area contributed by atoms with E-state index in [1.807, 2.05) is 12.1 Å². The Kier molecular flexibility index (Phi) is 4.63. The van der Waals surface area contributed by atoms with Gasteiger partial charge in [0.05, 0.1) is 12.0 Å². The SMILES string of the molecule is COC(=O)C1CCCN1S(=O)(=O)c1ccc(C(C)(C)C)cc1. The normalized spacial score (nSPS) is 20.1. The molecule has 0 N–H and O–H groups in total. The van der Waals surface area contributed by atoms with Crippen molar-refractivity contribution in [1.29, 1.82) is 0 Å². The maximum absolute atomic E-state index is 12.7. The molecule has 1 unspecified atom stereocenters. The van der Waals surface area contributed by atoms with Crippen LogP contribution in [0.1, 0.15) is 39.2 Å². The number of rotatable bonds is 3. The zero-order valence-electron chi connectivity index (χ0n) is 13.5. The first-order valence-electron chi connectivity index (χ1n) is 7.38. The highest BCUT2D eigenvalue weighted by molar-refractivity contribution is 7.89. The van der Waals surface area contributed by atoms with Crippen molar-refractivity contribution in [2.45, 2.75) is 50.0 Å². The predicted octanol–water partition coefficient (Wildman–Crippen LogP) is 2.31. The lowest BCUT2D eigenvalue weighted by Gasteiger charge is -2.23. The Morgan fingerprint density at radius 2 is 1.82 bits per heavy atom. The monoisotopic (exact) mass is 325 g/mol. The van der Waals surface area contributed by atoms with Crippen molar-refractivity contribution >= 4 is 16.0 Å². The maximum atomic E-state index is 12.7. The van der Waals surface area contributed by atoms with E-state index in [0.29, 0.717) is 19.4 Å². The molecule has 0 bridgehead atoms. The summed E-state index contributed by atoms with van der Waals surface area (Å²) in [5.74, 6) is -0.493. The minimum Gasteiger partial charge on any atom is -0.468 e. The molecule has 2 rings (SSSR count). The first-order valence-corrected chi connectivity index (χ1v) is 8.82. The molecule has 1 aromatic carbocycles. The van der Waals surface area contributed by atoms with Crippen LogP contribution in [0, 0.1) is 0 Å². The summed E-state index contributed by atoms with van der Waals surface area (Å²) in [6, 6.07) is 6.18. The molecule has 1 fully saturated rings. The molecule has 1 aliphatic rings. The Balaban J connectivity index is 2.32.